The zero-order valence-corrected chi connectivity index (χ0v) is 10.1. The van der Waals surface area contributed by atoms with Gasteiger partial charge in [0.15, 0.2) is 0 Å². The van der Waals surface area contributed by atoms with Gasteiger partial charge in [-0.05, 0) is 18.8 Å². The van der Waals surface area contributed by atoms with Crippen molar-refractivity contribution < 1.29 is 4.79 Å². The smallest absolute Gasteiger partial charge is 0.242 e. The molecule has 1 heterocycles. The molecule has 90 valence electrons. The molecule has 0 spiro atoms. The number of aryl methyl sites for hydroxylation is 1. The van der Waals surface area contributed by atoms with Crippen LogP contribution in [0, 0.1) is 5.92 Å². The Hall–Kier alpha value is -1.36. The molecule has 1 aromatic heterocycles. The maximum Gasteiger partial charge on any atom is 0.242 e. The second-order valence-corrected chi connectivity index (χ2v) is 4.35. The van der Waals surface area contributed by atoms with Crippen LogP contribution in [0.15, 0.2) is 6.20 Å². The summed E-state index contributed by atoms with van der Waals surface area (Å²) in [5, 5.41) is 9.41. The van der Waals surface area contributed by atoms with Gasteiger partial charge < -0.3 is 11.1 Å². The predicted molar refractivity (Wildman–Crippen MR) is 64.0 cm³/mol. The SMILES string of the molecule is CCc1cn[nH]c1NC(=O)[C@H](N)CC(C)C. The van der Waals surface area contributed by atoms with Crippen LogP contribution in [-0.2, 0) is 11.2 Å². The first-order chi connectivity index (χ1) is 7.54. The summed E-state index contributed by atoms with van der Waals surface area (Å²) in [6, 6.07) is -0.465. The molecule has 1 atom stereocenters. The van der Waals surface area contributed by atoms with E-state index < -0.39 is 6.04 Å². The number of H-pyrrole nitrogens is 1. The van der Waals surface area contributed by atoms with Crippen LogP contribution >= 0.6 is 0 Å². The summed E-state index contributed by atoms with van der Waals surface area (Å²) in [4.78, 5) is 11.7. The zero-order valence-electron chi connectivity index (χ0n) is 10.1. The molecule has 0 fully saturated rings. The van der Waals surface area contributed by atoms with E-state index in [1.807, 2.05) is 20.8 Å². The van der Waals surface area contributed by atoms with E-state index in [0.29, 0.717) is 18.2 Å². The molecule has 0 bridgehead atoms. The summed E-state index contributed by atoms with van der Waals surface area (Å²) in [7, 11) is 0. The van der Waals surface area contributed by atoms with Crippen molar-refractivity contribution in [3.63, 3.8) is 0 Å². The molecule has 0 aromatic carbocycles. The molecule has 0 aliphatic heterocycles. The van der Waals surface area contributed by atoms with E-state index in [4.69, 9.17) is 5.73 Å². The van der Waals surface area contributed by atoms with Crippen molar-refractivity contribution in [1.29, 1.82) is 0 Å². The van der Waals surface area contributed by atoms with E-state index in [0.717, 1.165) is 12.0 Å². The average Bonchev–Trinajstić information content (AvgIpc) is 2.64. The number of nitrogens with one attached hydrogen (secondary N) is 2. The highest BCUT2D eigenvalue weighted by molar-refractivity contribution is 5.94. The highest BCUT2D eigenvalue weighted by Gasteiger charge is 2.16. The molecule has 0 aliphatic rings. The fourth-order valence-electron chi connectivity index (χ4n) is 1.52. The molecule has 4 N–H and O–H groups in total. The van der Waals surface area contributed by atoms with E-state index in [1.54, 1.807) is 6.20 Å². The second kappa shape index (κ2) is 5.65. The van der Waals surface area contributed by atoms with Crippen LogP contribution < -0.4 is 11.1 Å². The van der Waals surface area contributed by atoms with Gasteiger partial charge in [0.2, 0.25) is 5.91 Å². The molecule has 1 aromatic rings. The van der Waals surface area contributed by atoms with E-state index in [2.05, 4.69) is 15.5 Å². The zero-order chi connectivity index (χ0) is 12.1. The molecule has 1 amide bonds. The van der Waals surface area contributed by atoms with Crippen molar-refractivity contribution in [3.8, 4) is 0 Å². The number of anilines is 1. The van der Waals surface area contributed by atoms with Gasteiger partial charge in [-0.2, -0.15) is 5.10 Å². The molecule has 0 radical (unpaired) electrons. The lowest BCUT2D eigenvalue weighted by Gasteiger charge is -2.13. The Morgan fingerprint density at radius 1 is 1.62 bits per heavy atom. The maximum atomic E-state index is 11.7. The molecule has 1 rings (SSSR count). The number of hydrogen-bond acceptors (Lipinski definition) is 3. The Kier molecular flexibility index (Phi) is 4.49. The third-order valence-electron chi connectivity index (χ3n) is 2.41. The maximum absolute atomic E-state index is 11.7. The summed E-state index contributed by atoms with van der Waals surface area (Å²) in [6.45, 7) is 6.09. The van der Waals surface area contributed by atoms with E-state index in [1.165, 1.54) is 0 Å². The summed E-state index contributed by atoms with van der Waals surface area (Å²) < 4.78 is 0. The molecule has 5 nitrogen and oxygen atoms in total. The second-order valence-electron chi connectivity index (χ2n) is 4.35. The minimum absolute atomic E-state index is 0.160. The van der Waals surface area contributed by atoms with Crippen LogP contribution in [-0.4, -0.2) is 22.1 Å². The van der Waals surface area contributed by atoms with Crippen molar-refractivity contribution in [2.75, 3.05) is 5.32 Å². The highest BCUT2D eigenvalue weighted by atomic mass is 16.2. The van der Waals surface area contributed by atoms with Crippen molar-refractivity contribution >= 4 is 11.7 Å². The minimum Gasteiger partial charge on any atom is -0.320 e. The van der Waals surface area contributed by atoms with Gasteiger partial charge in [-0.25, -0.2) is 0 Å². The highest BCUT2D eigenvalue weighted by Crippen LogP contribution is 2.12. The lowest BCUT2D eigenvalue weighted by Crippen LogP contribution is -2.36. The van der Waals surface area contributed by atoms with Crippen LogP contribution in [0.25, 0.3) is 0 Å². The average molecular weight is 224 g/mol. The third-order valence-corrected chi connectivity index (χ3v) is 2.41. The molecular formula is C11H20N4O. The summed E-state index contributed by atoms with van der Waals surface area (Å²) in [6.07, 6.45) is 3.22. The summed E-state index contributed by atoms with van der Waals surface area (Å²) >= 11 is 0. The van der Waals surface area contributed by atoms with Gasteiger partial charge in [-0.15, -0.1) is 0 Å². The molecule has 0 saturated carbocycles. The lowest BCUT2D eigenvalue weighted by molar-refractivity contribution is -0.117. The molecule has 0 unspecified atom stereocenters. The molecule has 16 heavy (non-hydrogen) atoms. The van der Waals surface area contributed by atoms with Crippen LogP contribution in [0.1, 0.15) is 32.8 Å². The normalized spacial score (nSPS) is 12.8. The van der Waals surface area contributed by atoms with Crippen LogP contribution in [0.3, 0.4) is 0 Å². The Labute approximate surface area is 95.8 Å². The summed E-state index contributed by atoms with van der Waals surface area (Å²) in [5.41, 5.74) is 6.77. The number of nitrogens with two attached hydrogens (primary N) is 1. The largest absolute Gasteiger partial charge is 0.320 e. The van der Waals surface area contributed by atoms with E-state index in [-0.39, 0.29) is 5.91 Å². The van der Waals surface area contributed by atoms with Crippen molar-refractivity contribution in [2.24, 2.45) is 11.7 Å². The van der Waals surface area contributed by atoms with Crippen LogP contribution in [0.2, 0.25) is 0 Å². The van der Waals surface area contributed by atoms with Gasteiger partial charge in [-0.3, -0.25) is 9.89 Å². The Morgan fingerprint density at radius 3 is 2.88 bits per heavy atom. The van der Waals surface area contributed by atoms with Crippen LogP contribution in [0.4, 0.5) is 5.82 Å². The van der Waals surface area contributed by atoms with Crippen molar-refractivity contribution in [3.05, 3.63) is 11.8 Å². The fourth-order valence-corrected chi connectivity index (χ4v) is 1.52. The first kappa shape index (κ1) is 12.7. The van der Waals surface area contributed by atoms with Crippen LogP contribution in [0.5, 0.6) is 0 Å². The topological polar surface area (TPSA) is 83.8 Å². The standard InChI is InChI=1S/C11H20N4O/c1-4-8-6-13-15-10(8)14-11(16)9(12)5-7(2)3/h6-7,9H,4-5,12H2,1-3H3,(H2,13,14,15,16)/t9-/m1/s1. The quantitative estimate of drug-likeness (QED) is 0.704. The van der Waals surface area contributed by atoms with Gasteiger partial charge in [0.25, 0.3) is 0 Å². The number of rotatable bonds is 5. The molecule has 0 saturated heterocycles. The number of amides is 1. The Morgan fingerprint density at radius 2 is 2.31 bits per heavy atom. The molecule has 5 heteroatoms. The fraction of sp³-hybridized carbons (Fsp3) is 0.636. The number of aromatic amines is 1. The Balaban J connectivity index is 2.57. The van der Waals surface area contributed by atoms with Gasteiger partial charge in [-0.1, -0.05) is 20.8 Å². The number of nitrogens with zero attached hydrogens (tertiary/aromatic N) is 1. The van der Waals surface area contributed by atoms with Crippen molar-refractivity contribution in [1.82, 2.24) is 10.2 Å². The first-order valence-corrected chi connectivity index (χ1v) is 5.63. The minimum atomic E-state index is -0.465. The van der Waals surface area contributed by atoms with Gasteiger partial charge >= 0.3 is 0 Å². The van der Waals surface area contributed by atoms with Gasteiger partial charge in [0.1, 0.15) is 5.82 Å². The number of carbonyl (C=O) groups excluding carboxylic acids is 1. The first-order valence-electron chi connectivity index (χ1n) is 5.63. The number of carbonyl (C=O) groups is 1. The molecular weight excluding hydrogens is 204 g/mol. The van der Waals surface area contributed by atoms with E-state index >= 15 is 0 Å². The number of aromatic nitrogens is 2. The third kappa shape index (κ3) is 3.34. The molecule has 0 aliphatic carbocycles. The van der Waals surface area contributed by atoms with Gasteiger partial charge in [0, 0.05) is 5.56 Å². The monoisotopic (exact) mass is 224 g/mol. The van der Waals surface area contributed by atoms with Gasteiger partial charge in [0.05, 0.1) is 12.2 Å². The van der Waals surface area contributed by atoms with E-state index in [9.17, 15) is 4.79 Å². The summed E-state index contributed by atoms with van der Waals surface area (Å²) in [5.74, 6) is 0.910. The lowest BCUT2D eigenvalue weighted by atomic mass is 10.0. The Bertz CT molecular complexity index is 346. The number of hydrogen-bond donors (Lipinski definition) is 3. The van der Waals surface area contributed by atoms with Crippen molar-refractivity contribution in [2.45, 2.75) is 39.7 Å². The predicted octanol–water partition coefficient (Wildman–Crippen LogP) is 1.28.